The predicted octanol–water partition coefficient (Wildman–Crippen LogP) is 1.96. The summed E-state index contributed by atoms with van der Waals surface area (Å²) in [6, 6.07) is 0. The van der Waals surface area contributed by atoms with Gasteiger partial charge in [-0.25, -0.2) is 4.79 Å². The number of thioether (sulfide) groups is 3. The van der Waals surface area contributed by atoms with E-state index >= 15 is 0 Å². The summed E-state index contributed by atoms with van der Waals surface area (Å²) in [6.45, 7) is 3.85. The Morgan fingerprint density at radius 2 is 2.18 bits per heavy atom. The molecule has 1 aliphatic rings. The first-order chi connectivity index (χ1) is 8.22. The molecule has 17 heavy (non-hydrogen) atoms. The summed E-state index contributed by atoms with van der Waals surface area (Å²) in [5, 5.41) is 3.73. The molecule has 1 fully saturated rings. The largest absolute Gasteiger partial charge is 0.456 e. The van der Waals surface area contributed by atoms with Gasteiger partial charge in [-0.3, -0.25) is 4.79 Å². The zero-order chi connectivity index (χ0) is 12.5. The van der Waals surface area contributed by atoms with Crippen LogP contribution in [0.25, 0.3) is 0 Å². The molecule has 0 atom stereocenters. The third-order valence-corrected chi connectivity index (χ3v) is 5.85. The Hall–Kier alpha value is -0.270. The molecule has 0 radical (unpaired) electrons. The van der Waals surface area contributed by atoms with Gasteiger partial charge in [0.05, 0.1) is 6.54 Å². The standard InChI is InChI=1S/C10H15NO3S3/c1-2-9(12)11-3-4-14-10(13)17-8-5-15-7-16-6-8/h2,8H,1,3-7H2,(H,11,12). The fourth-order valence-corrected chi connectivity index (χ4v) is 4.78. The Morgan fingerprint density at radius 1 is 1.47 bits per heavy atom. The van der Waals surface area contributed by atoms with Gasteiger partial charge in [0, 0.05) is 21.8 Å². The average Bonchev–Trinajstić information content (AvgIpc) is 2.35. The molecule has 7 heteroatoms. The van der Waals surface area contributed by atoms with Crippen molar-refractivity contribution in [2.24, 2.45) is 0 Å². The second-order valence-electron chi connectivity index (χ2n) is 3.19. The summed E-state index contributed by atoms with van der Waals surface area (Å²) in [5.41, 5.74) is 0. The Morgan fingerprint density at radius 3 is 2.82 bits per heavy atom. The van der Waals surface area contributed by atoms with Crippen LogP contribution in [0.1, 0.15) is 0 Å². The van der Waals surface area contributed by atoms with Gasteiger partial charge >= 0.3 is 5.30 Å². The highest BCUT2D eigenvalue weighted by Crippen LogP contribution is 2.29. The minimum atomic E-state index is -0.258. The van der Waals surface area contributed by atoms with Gasteiger partial charge in [-0.1, -0.05) is 6.58 Å². The van der Waals surface area contributed by atoms with E-state index in [9.17, 15) is 9.59 Å². The number of nitrogens with one attached hydrogen (secondary N) is 1. The van der Waals surface area contributed by atoms with E-state index in [1.165, 1.54) is 17.8 Å². The second kappa shape index (κ2) is 8.77. The molecule has 0 aromatic heterocycles. The molecule has 1 saturated heterocycles. The Bertz CT molecular complexity index is 280. The number of ether oxygens (including phenoxy) is 1. The smallest absolute Gasteiger partial charge is 0.367 e. The third kappa shape index (κ3) is 6.90. The number of carbonyl (C=O) groups excluding carboxylic acids is 2. The minimum absolute atomic E-state index is 0.207. The normalized spacial score (nSPS) is 16.2. The van der Waals surface area contributed by atoms with Gasteiger partial charge < -0.3 is 10.1 Å². The molecule has 0 aromatic carbocycles. The highest BCUT2D eigenvalue weighted by molar-refractivity contribution is 8.20. The molecule has 0 aromatic rings. The zero-order valence-corrected chi connectivity index (χ0v) is 11.8. The van der Waals surface area contributed by atoms with Crippen molar-refractivity contribution < 1.29 is 14.3 Å². The summed E-state index contributed by atoms with van der Waals surface area (Å²) in [7, 11) is 0. The van der Waals surface area contributed by atoms with Crippen LogP contribution in [-0.2, 0) is 9.53 Å². The quantitative estimate of drug-likeness (QED) is 0.475. The van der Waals surface area contributed by atoms with Crippen LogP contribution in [0.15, 0.2) is 12.7 Å². The Labute approximate surface area is 114 Å². The molecule has 0 bridgehead atoms. The Kier molecular flexibility index (Phi) is 7.63. The van der Waals surface area contributed by atoms with E-state index in [2.05, 4.69) is 11.9 Å². The lowest BCUT2D eigenvalue weighted by Crippen LogP contribution is -2.26. The van der Waals surface area contributed by atoms with Crippen molar-refractivity contribution in [2.45, 2.75) is 5.25 Å². The molecular weight excluding hydrogens is 278 g/mol. The van der Waals surface area contributed by atoms with Gasteiger partial charge in [0.1, 0.15) is 6.61 Å². The molecule has 1 heterocycles. The summed E-state index contributed by atoms with van der Waals surface area (Å²) >= 11 is 4.94. The first kappa shape index (κ1) is 14.8. The van der Waals surface area contributed by atoms with E-state index in [1.54, 1.807) is 0 Å². The van der Waals surface area contributed by atoms with Crippen LogP contribution >= 0.6 is 35.3 Å². The fourth-order valence-electron chi connectivity index (χ4n) is 1.09. The highest BCUT2D eigenvalue weighted by Gasteiger charge is 2.19. The van der Waals surface area contributed by atoms with Crippen LogP contribution in [-0.4, -0.2) is 46.2 Å². The molecule has 1 N–H and O–H groups in total. The molecule has 0 saturated carbocycles. The number of hydrogen-bond acceptors (Lipinski definition) is 6. The number of hydrogen-bond donors (Lipinski definition) is 1. The molecule has 1 amide bonds. The lowest BCUT2D eigenvalue weighted by molar-refractivity contribution is -0.116. The number of rotatable bonds is 5. The highest BCUT2D eigenvalue weighted by atomic mass is 32.2. The topological polar surface area (TPSA) is 55.4 Å². The van der Waals surface area contributed by atoms with Gasteiger partial charge in [0.15, 0.2) is 0 Å². The van der Waals surface area contributed by atoms with Crippen molar-refractivity contribution in [2.75, 3.05) is 29.7 Å². The lowest BCUT2D eigenvalue weighted by atomic mass is 10.5. The summed E-state index contributed by atoms with van der Waals surface area (Å²) in [5.74, 6) is 1.74. The summed E-state index contributed by atoms with van der Waals surface area (Å²) in [6.07, 6.45) is 1.19. The number of amides is 1. The second-order valence-corrected chi connectivity index (χ2v) is 6.85. The van der Waals surface area contributed by atoms with Crippen molar-refractivity contribution in [3.05, 3.63) is 12.7 Å². The van der Waals surface area contributed by atoms with Crippen molar-refractivity contribution in [1.29, 1.82) is 0 Å². The summed E-state index contributed by atoms with van der Waals surface area (Å²) < 4.78 is 5.00. The minimum Gasteiger partial charge on any atom is -0.456 e. The van der Waals surface area contributed by atoms with Crippen LogP contribution in [0.2, 0.25) is 0 Å². The third-order valence-electron chi connectivity index (χ3n) is 1.84. The van der Waals surface area contributed by atoms with Crippen LogP contribution in [0.5, 0.6) is 0 Å². The first-order valence-electron chi connectivity index (χ1n) is 5.11. The van der Waals surface area contributed by atoms with Gasteiger partial charge in [-0.05, 0) is 17.8 Å². The maximum atomic E-state index is 11.4. The molecular formula is C10H15NO3S3. The molecule has 96 valence electrons. The Balaban J connectivity index is 2.04. The van der Waals surface area contributed by atoms with Crippen LogP contribution < -0.4 is 5.32 Å². The lowest BCUT2D eigenvalue weighted by Gasteiger charge is -2.19. The van der Waals surface area contributed by atoms with E-state index in [0.717, 1.165) is 16.6 Å². The van der Waals surface area contributed by atoms with Gasteiger partial charge in [-0.2, -0.15) is 0 Å². The molecule has 0 unspecified atom stereocenters. The first-order valence-corrected chi connectivity index (χ1v) is 8.30. The predicted molar refractivity (Wildman–Crippen MR) is 75.7 cm³/mol. The molecule has 4 nitrogen and oxygen atoms in total. The number of carbonyl (C=O) groups is 2. The average molecular weight is 293 g/mol. The van der Waals surface area contributed by atoms with Gasteiger partial charge in [0.25, 0.3) is 0 Å². The molecule has 0 aliphatic carbocycles. The fraction of sp³-hybridized carbons (Fsp3) is 0.600. The van der Waals surface area contributed by atoms with Crippen molar-refractivity contribution in [1.82, 2.24) is 5.32 Å². The van der Waals surface area contributed by atoms with Crippen molar-refractivity contribution in [3.63, 3.8) is 0 Å². The van der Waals surface area contributed by atoms with Crippen LogP contribution in [0.3, 0.4) is 0 Å². The maximum Gasteiger partial charge on any atom is 0.367 e. The van der Waals surface area contributed by atoms with E-state index in [0.29, 0.717) is 11.8 Å². The van der Waals surface area contributed by atoms with Gasteiger partial charge in [0.2, 0.25) is 5.91 Å². The molecule has 0 spiro atoms. The van der Waals surface area contributed by atoms with Crippen LogP contribution in [0.4, 0.5) is 4.79 Å². The van der Waals surface area contributed by atoms with Crippen molar-refractivity contribution >= 4 is 46.5 Å². The van der Waals surface area contributed by atoms with E-state index < -0.39 is 0 Å². The SMILES string of the molecule is C=CC(=O)NCCOC(=O)SC1CSCSC1. The zero-order valence-electron chi connectivity index (χ0n) is 9.35. The molecule has 1 rings (SSSR count). The van der Waals surface area contributed by atoms with Gasteiger partial charge in [-0.15, -0.1) is 23.5 Å². The monoisotopic (exact) mass is 293 g/mol. The molecule has 1 aliphatic heterocycles. The maximum absolute atomic E-state index is 11.4. The van der Waals surface area contributed by atoms with E-state index in [-0.39, 0.29) is 17.8 Å². The van der Waals surface area contributed by atoms with Crippen molar-refractivity contribution in [3.8, 4) is 0 Å². The van der Waals surface area contributed by atoms with E-state index in [4.69, 9.17) is 4.74 Å². The van der Waals surface area contributed by atoms with Crippen LogP contribution in [0, 0.1) is 0 Å². The van der Waals surface area contributed by atoms with E-state index in [1.807, 2.05) is 23.5 Å². The summed E-state index contributed by atoms with van der Waals surface area (Å²) in [4.78, 5) is 22.2.